The summed E-state index contributed by atoms with van der Waals surface area (Å²) in [7, 11) is 0. The lowest BCUT2D eigenvalue weighted by atomic mass is 10.3. The second-order valence-corrected chi connectivity index (χ2v) is 6.85. The largest absolute Gasteiger partial charge is 0.378 e. The SMILES string of the molecule is Nc1nc(NCCC[NH+]2CCOCC2)nc(Nc2ccc(Cl)cc2)c1[N+](=O)[O-]. The van der Waals surface area contributed by atoms with Crippen LogP contribution in [0, 0.1) is 10.1 Å². The number of benzene rings is 1. The van der Waals surface area contributed by atoms with Crippen molar-refractivity contribution in [2.45, 2.75) is 6.42 Å². The van der Waals surface area contributed by atoms with Gasteiger partial charge in [-0.05, 0) is 24.3 Å². The molecule has 1 saturated heterocycles. The number of nitro groups is 1. The van der Waals surface area contributed by atoms with Gasteiger partial charge in [0.15, 0.2) is 0 Å². The van der Waals surface area contributed by atoms with E-state index in [0.717, 1.165) is 39.3 Å². The zero-order chi connectivity index (χ0) is 19.9. The molecule has 0 unspecified atom stereocenters. The highest BCUT2D eigenvalue weighted by Crippen LogP contribution is 2.31. The summed E-state index contributed by atoms with van der Waals surface area (Å²) >= 11 is 5.87. The van der Waals surface area contributed by atoms with Crippen molar-refractivity contribution in [1.29, 1.82) is 0 Å². The van der Waals surface area contributed by atoms with Crippen molar-refractivity contribution in [1.82, 2.24) is 9.97 Å². The van der Waals surface area contributed by atoms with E-state index in [1.54, 1.807) is 24.3 Å². The van der Waals surface area contributed by atoms with Crippen LogP contribution in [-0.4, -0.2) is 54.3 Å². The lowest BCUT2D eigenvalue weighted by Crippen LogP contribution is -3.14. The Kier molecular flexibility index (Phi) is 6.80. The number of morpholine rings is 1. The van der Waals surface area contributed by atoms with Crippen LogP contribution in [0.5, 0.6) is 0 Å². The Balaban J connectivity index is 1.66. The molecule has 1 aromatic heterocycles. The highest BCUT2D eigenvalue weighted by atomic mass is 35.5. The Morgan fingerprint density at radius 1 is 1.25 bits per heavy atom. The quantitative estimate of drug-likeness (QED) is 0.290. The molecule has 2 heterocycles. The number of halogens is 1. The van der Waals surface area contributed by atoms with Crippen LogP contribution >= 0.6 is 11.6 Å². The number of rotatable bonds is 8. The van der Waals surface area contributed by atoms with Gasteiger partial charge in [0.25, 0.3) is 0 Å². The minimum atomic E-state index is -0.598. The fourth-order valence-electron chi connectivity index (χ4n) is 2.94. The molecule has 1 aromatic carbocycles. The van der Waals surface area contributed by atoms with Crippen molar-refractivity contribution < 1.29 is 14.6 Å². The van der Waals surface area contributed by atoms with Gasteiger partial charge in [0.2, 0.25) is 17.6 Å². The number of ether oxygens (including phenoxy) is 1. The topological polar surface area (TPSA) is 133 Å². The molecule has 0 bridgehead atoms. The molecule has 1 aliphatic heterocycles. The average Bonchev–Trinajstić information content (AvgIpc) is 2.67. The molecular formula is C17H23ClN7O3+. The van der Waals surface area contributed by atoms with E-state index in [9.17, 15) is 10.1 Å². The van der Waals surface area contributed by atoms with Gasteiger partial charge in [-0.3, -0.25) is 10.1 Å². The van der Waals surface area contributed by atoms with E-state index in [0.29, 0.717) is 17.3 Å². The molecule has 0 spiro atoms. The number of hydrogen-bond donors (Lipinski definition) is 4. The molecule has 150 valence electrons. The molecule has 11 heteroatoms. The summed E-state index contributed by atoms with van der Waals surface area (Å²) in [6, 6.07) is 6.74. The Hall–Kier alpha value is -2.69. The van der Waals surface area contributed by atoms with E-state index in [1.807, 2.05) is 0 Å². The van der Waals surface area contributed by atoms with Crippen molar-refractivity contribution in [3.05, 3.63) is 39.4 Å². The van der Waals surface area contributed by atoms with Crippen LogP contribution in [-0.2, 0) is 4.74 Å². The summed E-state index contributed by atoms with van der Waals surface area (Å²) in [5.74, 6) is 0.0791. The van der Waals surface area contributed by atoms with E-state index in [2.05, 4.69) is 20.6 Å². The Morgan fingerprint density at radius 3 is 2.64 bits per heavy atom. The molecule has 0 atom stereocenters. The van der Waals surface area contributed by atoms with Gasteiger partial charge in [-0.2, -0.15) is 9.97 Å². The van der Waals surface area contributed by atoms with Crippen molar-refractivity contribution in [2.24, 2.45) is 0 Å². The van der Waals surface area contributed by atoms with E-state index < -0.39 is 4.92 Å². The highest BCUT2D eigenvalue weighted by Gasteiger charge is 2.23. The van der Waals surface area contributed by atoms with E-state index >= 15 is 0 Å². The first-order valence-electron chi connectivity index (χ1n) is 9.02. The minimum absolute atomic E-state index is 0.0288. The highest BCUT2D eigenvalue weighted by molar-refractivity contribution is 6.30. The maximum absolute atomic E-state index is 11.4. The van der Waals surface area contributed by atoms with Gasteiger partial charge >= 0.3 is 5.69 Å². The molecular weight excluding hydrogens is 386 g/mol. The zero-order valence-electron chi connectivity index (χ0n) is 15.3. The summed E-state index contributed by atoms with van der Waals surface area (Å²) in [5, 5.41) is 18.0. The minimum Gasteiger partial charge on any atom is -0.378 e. The van der Waals surface area contributed by atoms with Crippen molar-refractivity contribution in [2.75, 3.05) is 55.8 Å². The molecule has 28 heavy (non-hydrogen) atoms. The summed E-state index contributed by atoms with van der Waals surface area (Å²) in [6.45, 7) is 5.26. The molecule has 1 aliphatic rings. The first-order valence-corrected chi connectivity index (χ1v) is 9.40. The number of anilines is 4. The molecule has 0 radical (unpaired) electrons. The summed E-state index contributed by atoms with van der Waals surface area (Å²) in [6.07, 6.45) is 0.912. The lowest BCUT2D eigenvalue weighted by Gasteiger charge is -2.23. The van der Waals surface area contributed by atoms with Gasteiger partial charge in [-0.15, -0.1) is 0 Å². The maximum atomic E-state index is 11.4. The second-order valence-electron chi connectivity index (χ2n) is 6.41. The van der Waals surface area contributed by atoms with Crippen LogP contribution in [0.1, 0.15) is 6.42 Å². The number of nitrogens with one attached hydrogen (secondary N) is 3. The second kappa shape index (κ2) is 9.49. The Bertz CT molecular complexity index is 813. The summed E-state index contributed by atoms with van der Waals surface area (Å²) in [5.41, 5.74) is 6.05. The number of nitrogen functional groups attached to an aromatic ring is 1. The van der Waals surface area contributed by atoms with Crippen LogP contribution in [0.25, 0.3) is 0 Å². The fourth-order valence-corrected chi connectivity index (χ4v) is 3.06. The molecule has 2 aromatic rings. The van der Waals surface area contributed by atoms with Crippen molar-refractivity contribution >= 4 is 40.6 Å². The number of nitrogens with zero attached hydrogens (tertiary/aromatic N) is 3. The van der Waals surface area contributed by atoms with Gasteiger partial charge < -0.3 is 26.0 Å². The average molecular weight is 409 g/mol. The first-order chi connectivity index (χ1) is 13.5. The lowest BCUT2D eigenvalue weighted by molar-refractivity contribution is -0.908. The van der Waals surface area contributed by atoms with Gasteiger partial charge in [-0.25, -0.2) is 0 Å². The molecule has 0 aliphatic carbocycles. The summed E-state index contributed by atoms with van der Waals surface area (Å²) < 4.78 is 5.35. The van der Waals surface area contributed by atoms with Crippen LogP contribution < -0.4 is 21.3 Å². The molecule has 1 fully saturated rings. The van der Waals surface area contributed by atoms with Crippen molar-refractivity contribution in [3.63, 3.8) is 0 Å². The fraction of sp³-hybridized carbons (Fsp3) is 0.412. The molecule has 0 amide bonds. The predicted octanol–water partition coefficient (Wildman–Crippen LogP) is 1.08. The van der Waals surface area contributed by atoms with E-state index in [-0.39, 0.29) is 23.3 Å². The molecule has 5 N–H and O–H groups in total. The first kappa shape index (κ1) is 20.1. The number of aromatic nitrogens is 2. The Labute approximate surface area is 167 Å². The Morgan fingerprint density at radius 2 is 1.96 bits per heavy atom. The number of hydrogen-bond acceptors (Lipinski definition) is 8. The van der Waals surface area contributed by atoms with Crippen LogP contribution in [0.4, 0.5) is 29.0 Å². The molecule has 10 nitrogen and oxygen atoms in total. The number of quaternary nitrogens is 1. The monoisotopic (exact) mass is 408 g/mol. The molecule has 0 saturated carbocycles. The standard InChI is InChI=1S/C17H22ClN7O3/c18-12-2-4-13(5-3-12)21-16-14(25(26)27)15(19)22-17(23-16)20-6-1-7-24-8-10-28-11-9-24/h2-5H,1,6-11H2,(H4,19,20,21,22,23)/p+1. The van der Waals surface area contributed by atoms with Gasteiger partial charge in [0.1, 0.15) is 13.1 Å². The van der Waals surface area contributed by atoms with E-state index in [1.165, 1.54) is 4.90 Å². The molecule has 3 rings (SSSR count). The van der Waals surface area contributed by atoms with Crippen LogP contribution in [0.3, 0.4) is 0 Å². The third-order valence-corrected chi connectivity index (χ3v) is 4.64. The van der Waals surface area contributed by atoms with Crippen LogP contribution in [0.2, 0.25) is 5.02 Å². The third-order valence-electron chi connectivity index (χ3n) is 4.39. The summed E-state index contributed by atoms with van der Waals surface area (Å²) in [4.78, 5) is 20.6. The van der Waals surface area contributed by atoms with E-state index in [4.69, 9.17) is 22.1 Å². The van der Waals surface area contributed by atoms with Crippen LogP contribution in [0.15, 0.2) is 24.3 Å². The zero-order valence-corrected chi connectivity index (χ0v) is 16.0. The van der Waals surface area contributed by atoms with Gasteiger partial charge in [-0.1, -0.05) is 11.6 Å². The van der Waals surface area contributed by atoms with Crippen molar-refractivity contribution in [3.8, 4) is 0 Å². The van der Waals surface area contributed by atoms with Gasteiger partial charge in [0.05, 0.1) is 24.7 Å². The third kappa shape index (κ3) is 5.41. The van der Waals surface area contributed by atoms with Gasteiger partial charge in [0, 0.05) is 23.7 Å². The predicted molar refractivity (Wildman–Crippen MR) is 107 cm³/mol. The smallest absolute Gasteiger partial charge is 0.353 e. The number of nitrogens with two attached hydrogens (primary N) is 1. The normalized spacial score (nSPS) is 14.6. The maximum Gasteiger partial charge on any atom is 0.353 e.